The third kappa shape index (κ3) is 2.59. The van der Waals surface area contributed by atoms with Crippen LogP contribution in [0.3, 0.4) is 0 Å². The Bertz CT molecular complexity index is 813. The summed E-state index contributed by atoms with van der Waals surface area (Å²) in [4.78, 5) is 20.3. The molecule has 0 saturated heterocycles. The Kier molecular flexibility index (Phi) is 3.79. The highest BCUT2D eigenvalue weighted by atomic mass is 32.1. The molecule has 0 amide bonds. The average molecular weight is 306 g/mol. The Morgan fingerprint density at radius 1 is 1.35 bits per heavy atom. The fourth-order valence-electron chi connectivity index (χ4n) is 2.16. The number of H-pyrrole nitrogens is 1. The average Bonchev–Trinajstić information content (AvgIpc) is 3.08. The fourth-order valence-corrected chi connectivity index (χ4v) is 3.28. The fraction of sp³-hybridized carbons (Fsp3) is 0.308. The summed E-state index contributed by atoms with van der Waals surface area (Å²) >= 11 is 6.77. The van der Waals surface area contributed by atoms with Gasteiger partial charge in [0.2, 0.25) is 0 Å². The smallest absolute Gasteiger partial charge is 0.263 e. The van der Waals surface area contributed by atoms with E-state index >= 15 is 0 Å². The van der Waals surface area contributed by atoms with Gasteiger partial charge in [0.1, 0.15) is 4.83 Å². The zero-order valence-electron chi connectivity index (χ0n) is 10.8. The molecule has 0 atom stereocenters. The van der Waals surface area contributed by atoms with E-state index < -0.39 is 0 Å². The Hall–Kier alpha value is -1.73. The molecular formula is C13H14N4OS2. The third-order valence-electron chi connectivity index (χ3n) is 3.21. The Morgan fingerprint density at radius 3 is 3.00 bits per heavy atom. The number of unbranched alkanes of at least 4 members (excludes halogenated alkanes) is 1. The molecule has 0 aliphatic heterocycles. The van der Waals surface area contributed by atoms with Crippen molar-refractivity contribution in [3.63, 3.8) is 0 Å². The first kappa shape index (κ1) is 13.3. The molecule has 20 heavy (non-hydrogen) atoms. The maximum absolute atomic E-state index is 12.3. The molecule has 0 saturated carbocycles. The van der Waals surface area contributed by atoms with Crippen LogP contribution in [0.2, 0.25) is 0 Å². The van der Waals surface area contributed by atoms with Gasteiger partial charge in [-0.2, -0.15) is 0 Å². The zero-order valence-corrected chi connectivity index (χ0v) is 12.4. The van der Waals surface area contributed by atoms with E-state index in [-0.39, 0.29) is 5.56 Å². The summed E-state index contributed by atoms with van der Waals surface area (Å²) in [6.45, 7) is 1.56. The van der Waals surface area contributed by atoms with Crippen LogP contribution in [0, 0.1) is 4.77 Å². The van der Waals surface area contributed by atoms with Crippen molar-refractivity contribution in [2.75, 3.05) is 0 Å². The monoisotopic (exact) mass is 306 g/mol. The quantitative estimate of drug-likeness (QED) is 0.582. The Morgan fingerprint density at radius 2 is 2.20 bits per heavy atom. The molecule has 3 rings (SSSR count). The van der Waals surface area contributed by atoms with Crippen LogP contribution in [0.25, 0.3) is 10.2 Å². The maximum atomic E-state index is 12.3. The molecule has 0 aliphatic rings. The molecule has 0 spiro atoms. The molecule has 1 N–H and O–H groups in total. The van der Waals surface area contributed by atoms with Gasteiger partial charge in [0.15, 0.2) is 4.77 Å². The van der Waals surface area contributed by atoms with Gasteiger partial charge in [-0.05, 0) is 36.5 Å². The van der Waals surface area contributed by atoms with Crippen molar-refractivity contribution in [1.29, 1.82) is 0 Å². The van der Waals surface area contributed by atoms with Crippen LogP contribution in [0.4, 0.5) is 0 Å². The first-order valence-electron chi connectivity index (χ1n) is 6.42. The van der Waals surface area contributed by atoms with Gasteiger partial charge in [0, 0.05) is 25.5 Å². The molecule has 0 aliphatic carbocycles. The van der Waals surface area contributed by atoms with E-state index in [0.29, 0.717) is 11.3 Å². The molecule has 3 heterocycles. The van der Waals surface area contributed by atoms with Crippen molar-refractivity contribution in [3.8, 4) is 0 Å². The molecule has 0 radical (unpaired) electrons. The molecule has 104 valence electrons. The molecule has 0 bridgehead atoms. The highest BCUT2D eigenvalue weighted by Gasteiger charge is 2.06. The number of fused-ring (bicyclic) bond motifs is 1. The highest BCUT2D eigenvalue weighted by molar-refractivity contribution is 7.71. The van der Waals surface area contributed by atoms with Crippen LogP contribution >= 0.6 is 23.6 Å². The minimum Gasteiger partial charge on any atom is -0.337 e. The van der Waals surface area contributed by atoms with Crippen molar-refractivity contribution in [2.45, 2.75) is 25.9 Å². The van der Waals surface area contributed by atoms with E-state index in [9.17, 15) is 4.79 Å². The zero-order chi connectivity index (χ0) is 13.9. The second-order valence-electron chi connectivity index (χ2n) is 4.56. The van der Waals surface area contributed by atoms with Crippen LogP contribution in [-0.2, 0) is 13.1 Å². The van der Waals surface area contributed by atoms with E-state index in [0.717, 1.165) is 29.6 Å². The van der Waals surface area contributed by atoms with E-state index in [4.69, 9.17) is 12.2 Å². The van der Waals surface area contributed by atoms with Gasteiger partial charge in [0.05, 0.1) is 11.7 Å². The minimum absolute atomic E-state index is 0.00707. The number of rotatable bonds is 5. The first-order valence-corrected chi connectivity index (χ1v) is 7.70. The minimum atomic E-state index is 0.00707. The van der Waals surface area contributed by atoms with Crippen molar-refractivity contribution < 1.29 is 0 Å². The SMILES string of the molecule is O=c1c2ccsc2[nH]c(=S)n1CCCCn1ccnc1. The van der Waals surface area contributed by atoms with Gasteiger partial charge in [-0.3, -0.25) is 9.36 Å². The van der Waals surface area contributed by atoms with Crippen LogP contribution in [-0.4, -0.2) is 19.1 Å². The Balaban J connectivity index is 1.71. The van der Waals surface area contributed by atoms with Gasteiger partial charge >= 0.3 is 0 Å². The largest absolute Gasteiger partial charge is 0.337 e. The van der Waals surface area contributed by atoms with Crippen molar-refractivity contribution >= 4 is 33.8 Å². The highest BCUT2D eigenvalue weighted by Crippen LogP contribution is 2.14. The van der Waals surface area contributed by atoms with Gasteiger partial charge in [-0.15, -0.1) is 11.3 Å². The second kappa shape index (κ2) is 5.72. The van der Waals surface area contributed by atoms with Crippen LogP contribution in [0.1, 0.15) is 12.8 Å². The van der Waals surface area contributed by atoms with Gasteiger partial charge in [-0.25, -0.2) is 4.98 Å². The molecule has 0 fully saturated rings. The number of thiophene rings is 1. The summed E-state index contributed by atoms with van der Waals surface area (Å²) in [5.74, 6) is 0. The number of hydrogen-bond acceptors (Lipinski definition) is 4. The standard InChI is InChI=1S/C13H14N4OS2/c18-12-10-3-8-20-11(10)15-13(19)17(12)6-2-1-5-16-7-4-14-9-16/h3-4,7-9H,1-2,5-6H2,(H,15,19). The molecule has 3 aromatic heterocycles. The molecule has 5 nitrogen and oxygen atoms in total. The maximum Gasteiger partial charge on any atom is 0.263 e. The number of nitrogens with zero attached hydrogens (tertiary/aromatic N) is 3. The number of imidazole rings is 1. The van der Waals surface area contributed by atoms with Gasteiger partial charge in [-0.1, -0.05) is 0 Å². The summed E-state index contributed by atoms with van der Waals surface area (Å²) in [6.07, 6.45) is 7.40. The summed E-state index contributed by atoms with van der Waals surface area (Å²) in [6, 6.07) is 1.84. The summed E-state index contributed by atoms with van der Waals surface area (Å²) in [5.41, 5.74) is 0.00707. The van der Waals surface area contributed by atoms with E-state index in [1.807, 2.05) is 22.2 Å². The van der Waals surface area contributed by atoms with Crippen molar-refractivity contribution in [3.05, 3.63) is 45.3 Å². The summed E-state index contributed by atoms with van der Waals surface area (Å²) in [5, 5.41) is 2.62. The van der Waals surface area contributed by atoms with Gasteiger partial charge in [0.25, 0.3) is 5.56 Å². The number of aromatic nitrogens is 4. The second-order valence-corrected chi connectivity index (χ2v) is 5.86. The number of aromatic amines is 1. The third-order valence-corrected chi connectivity index (χ3v) is 4.37. The number of aryl methyl sites for hydroxylation is 1. The lowest BCUT2D eigenvalue weighted by atomic mass is 10.3. The Labute approximate surface area is 124 Å². The van der Waals surface area contributed by atoms with E-state index in [1.165, 1.54) is 11.3 Å². The first-order chi connectivity index (χ1) is 9.75. The van der Waals surface area contributed by atoms with Crippen LogP contribution < -0.4 is 5.56 Å². The summed E-state index contributed by atoms with van der Waals surface area (Å²) < 4.78 is 4.19. The van der Waals surface area contributed by atoms with Crippen LogP contribution in [0.15, 0.2) is 35.0 Å². The van der Waals surface area contributed by atoms with Crippen LogP contribution in [0.5, 0.6) is 0 Å². The van der Waals surface area contributed by atoms with Crippen molar-refractivity contribution in [1.82, 2.24) is 19.1 Å². The molecule has 0 unspecified atom stereocenters. The lowest BCUT2D eigenvalue weighted by Gasteiger charge is -2.06. The lowest BCUT2D eigenvalue weighted by Crippen LogP contribution is -2.21. The van der Waals surface area contributed by atoms with E-state index in [2.05, 4.69) is 9.97 Å². The van der Waals surface area contributed by atoms with E-state index in [1.54, 1.807) is 17.1 Å². The van der Waals surface area contributed by atoms with Crippen molar-refractivity contribution in [2.24, 2.45) is 0 Å². The number of hydrogen-bond donors (Lipinski definition) is 1. The molecule has 3 aromatic rings. The lowest BCUT2D eigenvalue weighted by molar-refractivity contribution is 0.539. The number of nitrogens with one attached hydrogen (secondary N) is 1. The molecule has 7 heteroatoms. The molecule has 0 aromatic carbocycles. The molecular weight excluding hydrogens is 292 g/mol. The topological polar surface area (TPSA) is 55.6 Å². The normalized spacial score (nSPS) is 11.2. The van der Waals surface area contributed by atoms with Gasteiger partial charge < -0.3 is 9.55 Å². The summed E-state index contributed by atoms with van der Waals surface area (Å²) in [7, 11) is 0. The predicted octanol–water partition coefficient (Wildman–Crippen LogP) is 2.80. The predicted molar refractivity (Wildman–Crippen MR) is 82.7 cm³/mol.